The van der Waals surface area contributed by atoms with Gasteiger partial charge in [0.2, 0.25) is 0 Å². The molecule has 0 unspecified atom stereocenters. The van der Waals surface area contributed by atoms with Crippen LogP contribution in [0.25, 0.3) is 0 Å². The number of pyridine rings is 1. The molecule has 0 saturated carbocycles. The number of carbonyl (C=O) groups excluding carboxylic acids is 1. The number of fused-ring (bicyclic) bond motifs is 1. The maximum absolute atomic E-state index is 12.6. The van der Waals surface area contributed by atoms with E-state index >= 15 is 0 Å². The van der Waals surface area contributed by atoms with Crippen molar-refractivity contribution in [3.63, 3.8) is 0 Å². The van der Waals surface area contributed by atoms with Crippen molar-refractivity contribution in [3.05, 3.63) is 53.9 Å². The Morgan fingerprint density at radius 3 is 2.91 bits per heavy atom. The largest absolute Gasteiger partial charge is 0.490 e. The minimum atomic E-state index is -0.375. The van der Waals surface area contributed by atoms with E-state index in [0.717, 1.165) is 0 Å². The van der Waals surface area contributed by atoms with Crippen molar-refractivity contribution in [2.45, 2.75) is 6.54 Å². The van der Waals surface area contributed by atoms with Crippen molar-refractivity contribution in [1.29, 1.82) is 5.41 Å². The Kier molecular flexibility index (Phi) is 3.74. The van der Waals surface area contributed by atoms with Crippen molar-refractivity contribution < 1.29 is 9.53 Å². The Balaban J connectivity index is 1.84. The number of benzene rings is 1. The number of nitrogens with zero attached hydrogens (tertiary/aromatic N) is 2. The van der Waals surface area contributed by atoms with Crippen LogP contribution >= 0.6 is 0 Å². The van der Waals surface area contributed by atoms with Crippen LogP contribution in [0.15, 0.2) is 42.6 Å². The van der Waals surface area contributed by atoms with E-state index in [-0.39, 0.29) is 11.6 Å². The van der Waals surface area contributed by atoms with E-state index in [0.29, 0.717) is 42.4 Å². The first-order chi connectivity index (χ1) is 10.7. The standard InChI is InChI=1S/C16H16N4O2/c17-12-5-2-1-4-11(12)15(18)16(21)20-8-9-22-14-6-3-7-19-13(14)10-20/h1-7,18H,8-10,17H2. The van der Waals surface area contributed by atoms with Crippen molar-refractivity contribution in [2.24, 2.45) is 0 Å². The van der Waals surface area contributed by atoms with Gasteiger partial charge in [0.05, 0.1) is 13.1 Å². The summed E-state index contributed by atoms with van der Waals surface area (Å²) in [6.07, 6.45) is 1.66. The summed E-state index contributed by atoms with van der Waals surface area (Å²) in [4.78, 5) is 18.4. The van der Waals surface area contributed by atoms with Gasteiger partial charge in [0.15, 0.2) is 0 Å². The van der Waals surface area contributed by atoms with Gasteiger partial charge < -0.3 is 15.4 Å². The van der Waals surface area contributed by atoms with Gasteiger partial charge in [-0.15, -0.1) is 0 Å². The van der Waals surface area contributed by atoms with Gasteiger partial charge in [-0.3, -0.25) is 15.2 Å². The fourth-order valence-corrected chi connectivity index (χ4v) is 2.37. The van der Waals surface area contributed by atoms with Crippen LogP contribution in [0.2, 0.25) is 0 Å². The maximum Gasteiger partial charge on any atom is 0.272 e. The molecule has 1 aliphatic rings. The Labute approximate surface area is 128 Å². The highest BCUT2D eigenvalue weighted by molar-refractivity contribution is 6.45. The molecule has 1 aliphatic heterocycles. The minimum absolute atomic E-state index is 0.113. The lowest BCUT2D eigenvalue weighted by molar-refractivity contribution is -0.124. The molecule has 112 valence electrons. The average Bonchev–Trinajstić information content (AvgIpc) is 2.76. The van der Waals surface area contributed by atoms with Gasteiger partial charge >= 0.3 is 0 Å². The third-order valence-corrected chi connectivity index (χ3v) is 3.54. The highest BCUT2D eigenvalue weighted by Gasteiger charge is 2.25. The van der Waals surface area contributed by atoms with Crippen LogP contribution in [-0.4, -0.2) is 34.7 Å². The van der Waals surface area contributed by atoms with Gasteiger partial charge in [-0.1, -0.05) is 18.2 Å². The van der Waals surface area contributed by atoms with E-state index < -0.39 is 0 Å². The van der Waals surface area contributed by atoms with Crippen molar-refractivity contribution >= 4 is 17.3 Å². The molecule has 6 nitrogen and oxygen atoms in total. The first-order valence-corrected chi connectivity index (χ1v) is 6.96. The zero-order valence-electron chi connectivity index (χ0n) is 12.0. The highest BCUT2D eigenvalue weighted by Crippen LogP contribution is 2.21. The number of amides is 1. The van der Waals surface area contributed by atoms with Gasteiger partial charge in [0.25, 0.3) is 5.91 Å². The molecule has 0 aliphatic carbocycles. The Morgan fingerprint density at radius 1 is 1.27 bits per heavy atom. The Bertz CT molecular complexity index is 730. The molecule has 2 heterocycles. The van der Waals surface area contributed by atoms with E-state index in [1.54, 1.807) is 41.4 Å². The molecule has 0 bridgehead atoms. The predicted octanol–water partition coefficient (Wildman–Crippen LogP) is 1.45. The summed E-state index contributed by atoms with van der Waals surface area (Å²) in [5.41, 5.74) is 7.30. The summed E-state index contributed by atoms with van der Waals surface area (Å²) in [6, 6.07) is 10.5. The third-order valence-electron chi connectivity index (χ3n) is 3.54. The van der Waals surface area contributed by atoms with Gasteiger partial charge in [-0.2, -0.15) is 0 Å². The second-order valence-electron chi connectivity index (χ2n) is 4.99. The topological polar surface area (TPSA) is 92.3 Å². The van der Waals surface area contributed by atoms with Gasteiger partial charge in [0, 0.05) is 17.4 Å². The molecule has 1 amide bonds. The van der Waals surface area contributed by atoms with E-state index in [2.05, 4.69) is 4.98 Å². The van der Waals surface area contributed by atoms with Crippen LogP contribution in [0.1, 0.15) is 11.3 Å². The first kappa shape index (κ1) is 14.1. The van der Waals surface area contributed by atoms with Crippen LogP contribution in [0.4, 0.5) is 5.69 Å². The quantitative estimate of drug-likeness (QED) is 0.648. The summed E-state index contributed by atoms with van der Waals surface area (Å²) >= 11 is 0. The Morgan fingerprint density at radius 2 is 2.09 bits per heavy atom. The minimum Gasteiger partial charge on any atom is -0.490 e. The number of aromatic nitrogens is 1. The molecule has 3 N–H and O–H groups in total. The maximum atomic E-state index is 12.6. The molecule has 0 radical (unpaired) electrons. The van der Waals surface area contributed by atoms with Crippen LogP contribution in [0, 0.1) is 5.41 Å². The Hall–Kier alpha value is -2.89. The highest BCUT2D eigenvalue weighted by atomic mass is 16.5. The van der Waals surface area contributed by atoms with Crippen LogP contribution < -0.4 is 10.5 Å². The number of ether oxygens (including phenoxy) is 1. The van der Waals surface area contributed by atoms with Crippen molar-refractivity contribution in [2.75, 3.05) is 18.9 Å². The molecule has 0 fully saturated rings. The molecule has 1 aromatic heterocycles. The van der Waals surface area contributed by atoms with Crippen molar-refractivity contribution in [3.8, 4) is 5.75 Å². The summed E-state index contributed by atoms with van der Waals surface area (Å²) in [7, 11) is 0. The molecule has 0 saturated heterocycles. The summed E-state index contributed by atoms with van der Waals surface area (Å²) in [5, 5.41) is 8.14. The second kappa shape index (κ2) is 5.85. The van der Waals surface area contributed by atoms with Crippen LogP contribution in [0.5, 0.6) is 5.75 Å². The number of rotatable bonds is 2. The number of anilines is 1. The SMILES string of the molecule is N=C(C(=O)N1CCOc2cccnc2C1)c1ccccc1N. The monoisotopic (exact) mass is 296 g/mol. The number of carbonyl (C=O) groups is 1. The number of hydrogen-bond acceptors (Lipinski definition) is 5. The fraction of sp³-hybridized carbons (Fsp3) is 0.188. The molecule has 22 heavy (non-hydrogen) atoms. The second-order valence-corrected chi connectivity index (χ2v) is 4.99. The van der Waals surface area contributed by atoms with E-state index in [1.165, 1.54) is 0 Å². The molecule has 0 atom stereocenters. The van der Waals surface area contributed by atoms with E-state index in [4.69, 9.17) is 15.9 Å². The van der Waals surface area contributed by atoms with Crippen LogP contribution in [-0.2, 0) is 11.3 Å². The van der Waals surface area contributed by atoms with E-state index in [9.17, 15) is 4.79 Å². The van der Waals surface area contributed by atoms with Gasteiger partial charge in [-0.25, -0.2) is 0 Å². The molecule has 6 heteroatoms. The smallest absolute Gasteiger partial charge is 0.272 e. The molecule has 0 spiro atoms. The normalized spacial score (nSPS) is 13.7. The molecule has 1 aromatic carbocycles. The van der Waals surface area contributed by atoms with Gasteiger partial charge in [0.1, 0.15) is 23.8 Å². The molecular formula is C16H16N4O2. The van der Waals surface area contributed by atoms with Gasteiger partial charge in [-0.05, 0) is 18.2 Å². The fourth-order valence-electron chi connectivity index (χ4n) is 2.37. The lowest BCUT2D eigenvalue weighted by atomic mass is 10.1. The zero-order chi connectivity index (χ0) is 15.5. The predicted molar refractivity (Wildman–Crippen MR) is 82.8 cm³/mol. The first-order valence-electron chi connectivity index (χ1n) is 6.96. The number of nitrogens with one attached hydrogen (secondary N) is 1. The van der Waals surface area contributed by atoms with E-state index in [1.807, 2.05) is 6.07 Å². The summed E-state index contributed by atoms with van der Waals surface area (Å²) in [5.74, 6) is 0.309. The number of para-hydroxylation sites is 1. The van der Waals surface area contributed by atoms with Crippen molar-refractivity contribution in [1.82, 2.24) is 9.88 Å². The third kappa shape index (κ3) is 2.63. The lowest BCUT2D eigenvalue weighted by Crippen LogP contribution is -2.38. The average molecular weight is 296 g/mol. The number of nitrogens with two attached hydrogens (primary N) is 1. The summed E-state index contributed by atoms with van der Waals surface area (Å²) in [6.45, 7) is 1.11. The lowest BCUT2D eigenvalue weighted by Gasteiger charge is -2.20. The molecule has 3 rings (SSSR count). The summed E-state index contributed by atoms with van der Waals surface area (Å²) < 4.78 is 5.59. The number of nitrogen functional groups attached to an aromatic ring is 1. The molecule has 2 aromatic rings. The van der Waals surface area contributed by atoms with Crippen LogP contribution in [0.3, 0.4) is 0 Å². The zero-order valence-corrected chi connectivity index (χ0v) is 12.0. The molecular weight excluding hydrogens is 280 g/mol. The number of hydrogen-bond donors (Lipinski definition) is 2.